The van der Waals surface area contributed by atoms with Crippen LogP contribution < -0.4 is 5.32 Å². The molecule has 3 heteroatoms. The van der Waals surface area contributed by atoms with Crippen molar-refractivity contribution in [2.75, 3.05) is 20.2 Å². The summed E-state index contributed by atoms with van der Waals surface area (Å²) < 4.78 is 4.87. The standard InChI is InChI=1S/C11H21NO2/c1-8(2)10(11(13)14-3)9-4-6-12-7-5-9/h8-10,12H,4-7H2,1-3H3. The summed E-state index contributed by atoms with van der Waals surface area (Å²) in [6, 6.07) is 0. The maximum atomic E-state index is 11.6. The lowest BCUT2D eigenvalue weighted by Gasteiger charge is -2.31. The number of carbonyl (C=O) groups is 1. The van der Waals surface area contributed by atoms with Crippen LogP contribution in [0.15, 0.2) is 0 Å². The molecule has 1 N–H and O–H groups in total. The van der Waals surface area contributed by atoms with E-state index in [0.29, 0.717) is 11.8 Å². The van der Waals surface area contributed by atoms with Crippen molar-refractivity contribution in [3.05, 3.63) is 0 Å². The molecule has 1 atom stereocenters. The third kappa shape index (κ3) is 2.71. The fourth-order valence-corrected chi connectivity index (χ4v) is 2.35. The van der Waals surface area contributed by atoms with Crippen LogP contribution in [0.25, 0.3) is 0 Å². The molecule has 1 saturated heterocycles. The summed E-state index contributed by atoms with van der Waals surface area (Å²) >= 11 is 0. The van der Waals surface area contributed by atoms with Gasteiger partial charge >= 0.3 is 5.97 Å². The van der Waals surface area contributed by atoms with Gasteiger partial charge in [0.25, 0.3) is 0 Å². The maximum Gasteiger partial charge on any atom is 0.309 e. The van der Waals surface area contributed by atoms with Crippen molar-refractivity contribution >= 4 is 5.97 Å². The zero-order valence-corrected chi connectivity index (χ0v) is 9.38. The third-order valence-electron chi connectivity index (χ3n) is 3.08. The first kappa shape index (κ1) is 11.5. The molecular weight excluding hydrogens is 178 g/mol. The summed E-state index contributed by atoms with van der Waals surface area (Å²) in [5, 5.41) is 3.31. The molecule has 1 fully saturated rings. The first-order valence-corrected chi connectivity index (χ1v) is 5.45. The van der Waals surface area contributed by atoms with Crippen LogP contribution in [0, 0.1) is 17.8 Å². The molecule has 0 spiro atoms. The Labute approximate surface area is 86.2 Å². The van der Waals surface area contributed by atoms with Gasteiger partial charge in [0.2, 0.25) is 0 Å². The molecule has 0 aromatic rings. The smallest absolute Gasteiger partial charge is 0.309 e. The maximum absolute atomic E-state index is 11.6. The molecule has 1 rings (SSSR count). The minimum atomic E-state index is -0.0353. The second kappa shape index (κ2) is 5.35. The fourth-order valence-electron chi connectivity index (χ4n) is 2.35. The molecule has 3 nitrogen and oxygen atoms in total. The first-order chi connectivity index (χ1) is 6.66. The molecule has 1 heterocycles. The topological polar surface area (TPSA) is 38.3 Å². The molecule has 82 valence electrons. The summed E-state index contributed by atoms with van der Waals surface area (Å²) in [6.45, 7) is 6.27. The normalized spacial score (nSPS) is 20.9. The highest BCUT2D eigenvalue weighted by atomic mass is 16.5. The SMILES string of the molecule is COC(=O)C(C(C)C)C1CCNCC1. The van der Waals surface area contributed by atoms with Crippen LogP contribution in [0.2, 0.25) is 0 Å². The van der Waals surface area contributed by atoms with E-state index in [2.05, 4.69) is 19.2 Å². The minimum Gasteiger partial charge on any atom is -0.469 e. The number of rotatable bonds is 3. The third-order valence-corrected chi connectivity index (χ3v) is 3.08. The van der Waals surface area contributed by atoms with Crippen LogP contribution in [0.1, 0.15) is 26.7 Å². The van der Waals surface area contributed by atoms with Gasteiger partial charge in [-0.2, -0.15) is 0 Å². The Hall–Kier alpha value is -0.570. The van der Waals surface area contributed by atoms with E-state index in [1.807, 2.05) is 0 Å². The van der Waals surface area contributed by atoms with Gasteiger partial charge in [-0.25, -0.2) is 0 Å². The summed E-state index contributed by atoms with van der Waals surface area (Å²) in [4.78, 5) is 11.6. The Morgan fingerprint density at radius 3 is 2.36 bits per heavy atom. The molecule has 1 aliphatic heterocycles. The molecule has 0 amide bonds. The molecule has 0 saturated carbocycles. The van der Waals surface area contributed by atoms with Gasteiger partial charge < -0.3 is 10.1 Å². The van der Waals surface area contributed by atoms with Crippen LogP contribution >= 0.6 is 0 Å². The van der Waals surface area contributed by atoms with Crippen LogP contribution in [0.5, 0.6) is 0 Å². The van der Waals surface area contributed by atoms with E-state index in [9.17, 15) is 4.79 Å². The van der Waals surface area contributed by atoms with E-state index in [1.54, 1.807) is 0 Å². The molecule has 1 unspecified atom stereocenters. The highest BCUT2D eigenvalue weighted by molar-refractivity contribution is 5.72. The quantitative estimate of drug-likeness (QED) is 0.699. The number of hydrogen-bond acceptors (Lipinski definition) is 3. The molecule has 0 radical (unpaired) electrons. The first-order valence-electron chi connectivity index (χ1n) is 5.45. The van der Waals surface area contributed by atoms with Gasteiger partial charge in [0.05, 0.1) is 13.0 Å². The Morgan fingerprint density at radius 2 is 1.93 bits per heavy atom. The predicted molar refractivity (Wildman–Crippen MR) is 55.9 cm³/mol. The summed E-state index contributed by atoms with van der Waals surface area (Å²) in [6.07, 6.45) is 2.19. The zero-order valence-electron chi connectivity index (χ0n) is 9.38. The summed E-state index contributed by atoms with van der Waals surface area (Å²) in [7, 11) is 1.48. The minimum absolute atomic E-state index is 0.0353. The van der Waals surface area contributed by atoms with Crippen LogP contribution in [-0.4, -0.2) is 26.2 Å². The molecule has 0 aliphatic carbocycles. The van der Waals surface area contributed by atoms with Gasteiger partial charge in [0, 0.05) is 0 Å². The lowest BCUT2D eigenvalue weighted by Crippen LogP contribution is -2.37. The average molecular weight is 199 g/mol. The van der Waals surface area contributed by atoms with Crippen molar-refractivity contribution in [3.8, 4) is 0 Å². The Bertz CT molecular complexity index is 186. The van der Waals surface area contributed by atoms with E-state index in [1.165, 1.54) is 7.11 Å². The number of piperidine rings is 1. The lowest BCUT2D eigenvalue weighted by atomic mass is 9.78. The van der Waals surface area contributed by atoms with Gasteiger partial charge in [-0.1, -0.05) is 13.8 Å². The van der Waals surface area contributed by atoms with Crippen molar-refractivity contribution in [2.24, 2.45) is 17.8 Å². The van der Waals surface area contributed by atoms with E-state index < -0.39 is 0 Å². The molecule has 1 aliphatic rings. The van der Waals surface area contributed by atoms with E-state index in [-0.39, 0.29) is 11.9 Å². The molecule has 0 bridgehead atoms. The van der Waals surface area contributed by atoms with Crippen molar-refractivity contribution in [1.82, 2.24) is 5.32 Å². The lowest BCUT2D eigenvalue weighted by molar-refractivity contribution is -0.149. The number of ether oxygens (including phenoxy) is 1. The second-order valence-electron chi connectivity index (χ2n) is 4.38. The van der Waals surface area contributed by atoms with Crippen LogP contribution in [0.3, 0.4) is 0 Å². The number of esters is 1. The van der Waals surface area contributed by atoms with E-state index in [0.717, 1.165) is 25.9 Å². The monoisotopic (exact) mass is 199 g/mol. The van der Waals surface area contributed by atoms with Gasteiger partial charge in [-0.3, -0.25) is 4.79 Å². The zero-order chi connectivity index (χ0) is 10.6. The largest absolute Gasteiger partial charge is 0.469 e. The number of methoxy groups -OCH3 is 1. The van der Waals surface area contributed by atoms with Crippen molar-refractivity contribution in [2.45, 2.75) is 26.7 Å². The number of carbonyl (C=O) groups excluding carboxylic acids is 1. The van der Waals surface area contributed by atoms with Crippen molar-refractivity contribution in [3.63, 3.8) is 0 Å². The second-order valence-corrected chi connectivity index (χ2v) is 4.38. The van der Waals surface area contributed by atoms with Gasteiger partial charge in [0.1, 0.15) is 0 Å². The Kier molecular flexibility index (Phi) is 4.39. The average Bonchev–Trinajstić information content (AvgIpc) is 2.19. The molecule has 0 aromatic heterocycles. The van der Waals surface area contributed by atoms with Gasteiger partial charge in [-0.05, 0) is 37.8 Å². The fraction of sp³-hybridized carbons (Fsp3) is 0.909. The van der Waals surface area contributed by atoms with Gasteiger partial charge in [0.15, 0.2) is 0 Å². The molecular formula is C11H21NO2. The van der Waals surface area contributed by atoms with Crippen molar-refractivity contribution < 1.29 is 9.53 Å². The molecule has 0 aromatic carbocycles. The predicted octanol–water partition coefficient (Wildman–Crippen LogP) is 1.43. The van der Waals surface area contributed by atoms with Gasteiger partial charge in [-0.15, -0.1) is 0 Å². The summed E-state index contributed by atoms with van der Waals surface area (Å²) in [5.41, 5.74) is 0. The van der Waals surface area contributed by atoms with Crippen LogP contribution in [0.4, 0.5) is 0 Å². The number of nitrogens with one attached hydrogen (secondary N) is 1. The van der Waals surface area contributed by atoms with Crippen LogP contribution in [-0.2, 0) is 9.53 Å². The summed E-state index contributed by atoms with van der Waals surface area (Å²) in [5.74, 6) is 0.934. The van der Waals surface area contributed by atoms with E-state index in [4.69, 9.17) is 4.74 Å². The highest BCUT2D eigenvalue weighted by Gasteiger charge is 2.32. The molecule has 14 heavy (non-hydrogen) atoms. The Balaban J connectivity index is 2.60. The highest BCUT2D eigenvalue weighted by Crippen LogP contribution is 2.28. The number of hydrogen-bond donors (Lipinski definition) is 1. The Morgan fingerprint density at radius 1 is 1.36 bits per heavy atom. The van der Waals surface area contributed by atoms with Crippen molar-refractivity contribution in [1.29, 1.82) is 0 Å². The van der Waals surface area contributed by atoms with E-state index >= 15 is 0 Å².